The Kier molecular flexibility index (Phi) is 3.83. The van der Waals surface area contributed by atoms with Crippen molar-refractivity contribution in [3.8, 4) is 12.5 Å². The molecule has 0 heterocycles. The van der Waals surface area contributed by atoms with Gasteiger partial charge in [0.2, 0.25) is 0 Å². The molecular formula is C15H10N2O3. The number of ketones is 1. The summed E-state index contributed by atoms with van der Waals surface area (Å²) in [5.74, 6) is -2.10. The summed E-state index contributed by atoms with van der Waals surface area (Å²) in [5.41, 5.74) is 0.585. The molecule has 5 heteroatoms. The van der Waals surface area contributed by atoms with Gasteiger partial charge in [0.25, 0.3) is 12.5 Å². The molecule has 5 nitrogen and oxygen atoms in total. The van der Waals surface area contributed by atoms with Crippen LogP contribution in [0.15, 0.2) is 54.6 Å². The van der Waals surface area contributed by atoms with E-state index in [1.807, 2.05) is 6.07 Å². The Morgan fingerprint density at radius 2 is 1.60 bits per heavy atom. The smallest absolute Gasteiger partial charge is 0.314 e. The number of hydrogen-bond donors (Lipinski definition) is 0. The van der Waals surface area contributed by atoms with Gasteiger partial charge in [0, 0.05) is 17.7 Å². The van der Waals surface area contributed by atoms with Gasteiger partial charge in [-0.05, 0) is 0 Å². The normalized spacial score (nSPS) is 15.9. The molecular weight excluding hydrogens is 256 g/mol. The van der Waals surface area contributed by atoms with Crippen LogP contribution >= 0.6 is 0 Å². The van der Waals surface area contributed by atoms with Crippen LogP contribution < -0.4 is 0 Å². The van der Waals surface area contributed by atoms with Crippen LogP contribution in [-0.2, 0) is 9.47 Å². The minimum absolute atomic E-state index is 0.0828. The molecule has 1 aliphatic rings. The molecule has 0 atom stereocenters. The maximum atomic E-state index is 12.2. The van der Waals surface area contributed by atoms with Crippen LogP contribution in [-0.4, -0.2) is 11.6 Å². The van der Waals surface area contributed by atoms with Crippen LogP contribution in [0.1, 0.15) is 10.4 Å². The van der Waals surface area contributed by atoms with Gasteiger partial charge in [-0.15, -0.1) is 0 Å². The van der Waals surface area contributed by atoms with Crippen LogP contribution in [0.2, 0.25) is 0 Å². The van der Waals surface area contributed by atoms with Gasteiger partial charge in [-0.1, -0.05) is 42.5 Å². The zero-order valence-corrected chi connectivity index (χ0v) is 10.4. The van der Waals surface area contributed by atoms with Gasteiger partial charge in [-0.2, -0.15) is 10.5 Å². The van der Waals surface area contributed by atoms with Crippen LogP contribution in [0.4, 0.5) is 0 Å². The third-order valence-electron chi connectivity index (χ3n) is 2.84. The average Bonchev–Trinajstić information content (AvgIpc) is 2.49. The fourth-order valence-corrected chi connectivity index (χ4v) is 1.86. The van der Waals surface area contributed by atoms with Gasteiger partial charge < -0.3 is 9.47 Å². The summed E-state index contributed by atoms with van der Waals surface area (Å²) in [4.78, 5) is 12.2. The standard InChI is InChI=1S/C15H10N2O3/c16-10-19-15(20-11-17)8-6-13(7-9-15)14(18)12-4-2-1-3-5-12/h1-9,13H. The van der Waals surface area contributed by atoms with Crippen molar-refractivity contribution in [3.63, 3.8) is 0 Å². The summed E-state index contributed by atoms with van der Waals surface area (Å²) in [7, 11) is 0. The van der Waals surface area contributed by atoms with Crippen molar-refractivity contribution in [2.75, 3.05) is 0 Å². The summed E-state index contributed by atoms with van der Waals surface area (Å²) in [6.45, 7) is 0. The molecule has 0 saturated carbocycles. The second kappa shape index (κ2) is 5.73. The number of nitrogens with zero attached hydrogens (tertiary/aromatic N) is 2. The summed E-state index contributed by atoms with van der Waals surface area (Å²) in [5, 5.41) is 17.1. The lowest BCUT2D eigenvalue weighted by molar-refractivity contribution is -0.0778. The molecule has 0 saturated heterocycles. The summed E-state index contributed by atoms with van der Waals surface area (Å²) in [6.07, 6.45) is 8.80. The Balaban J connectivity index is 2.18. The highest BCUT2D eigenvalue weighted by Gasteiger charge is 2.33. The first-order valence-electron chi connectivity index (χ1n) is 5.83. The number of nitriles is 2. The Hall–Kier alpha value is -3.05. The van der Waals surface area contributed by atoms with E-state index < -0.39 is 11.7 Å². The number of benzene rings is 1. The monoisotopic (exact) mass is 266 g/mol. The van der Waals surface area contributed by atoms with E-state index in [9.17, 15) is 4.79 Å². The van der Waals surface area contributed by atoms with E-state index >= 15 is 0 Å². The van der Waals surface area contributed by atoms with Crippen LogP contribution in [0.25, 0.3) is 0 Å². The molecule has 0 radical (unpaired) electrons. The molecule has 0 amide bonds. The van der Waals surface area contributed by atoms with E-state index in [4.69, 9.17) is 20.0 Å². The molecule has 0 N–H and O–H groups in total. The molecule has 98 valence electrons. The van der Waals surface area contributed by atoms with Crippen LogP contribution in [0, 0.1) is 29.0 Å². The van der Waals surface area contributed by atoms with E-state index in [-0.39, 0.29) is 5.78 Å². The molecule has 1 aromatic carbocycles. The number of allylic oxidation sites excluding steroid dienone is 2. The molecule has 1 aliphatic carbocycles. The Morgan fingerprint density at radius 1 is 1.05 bits per heavy atom. The molecule has 0 fully saturated rings. The highest BCUT2D eigenvalue weighted by molar-refractivity contribution is 6.00. The minimum Gasteiger partial charge on any atom is -0.373 e. The topological polar surface area (TPSA) is 83.1 Å². The lowest BCUT2D eigenvalue weighted by Crippen LogP contribution is -2.31. The van der Waals surface area contributed by atoms with Gasteiger partial charge in [0.1, 0.15) is 0 Å². The molecule has 0 spiro atoms. The largest absolute Gasteiger partial charge is 0.373 e. The van der Waals surface area contributed by atoms with Crippen LogP contribution in [0.3, 0.4) is 0 Å². The highest BCUT2D eigenvalue weighted by Crippen LogP contribution is 2.25. The molecule has 2 rings (SSSR count). The molecule has 0 aromatic heterocycles. The van der Waals surface area contributed by atoms with Gasteiger partial charge in [-0.3, -0.25) is 4.79 Å². The van der Waals surface area contributed by atoms with Crippen molar-refractivity contribution in [2.45, 2.75) is 5.79 Å². The molecule has 0 bridgehead atoms. The quantitative estimate of drug-likeness (QED) is 0.361. The first-order chi connectivity index (χ1) is 9.71. The van der Waals surface area contributed by atoms with E-state index in [0.29, 0.717) is 5.56 Å². The first-order valence-corrected chi connectivity index (χ1v) is 5.83. The van der Waals surface area contributed by atoms with Crippen LogP contribution in [0.5, 0.6) is 0 Å². The fraction of sp³-hybridized carbons (Fsp3) is 0.133. The number of carbonyl (C=O) groups excluding carboxylic acids is 1. The van der Waals surface area contributed by atoms with Gasteiger partial charge in [-0.25, -0.2) is 0 Å². The lowest BCUT2D eigenvalue weighted by atomic mass is 9.92. The zero-order valence-electron chi connectivity index (χ0n) is 10.4. The number of rotatable bonds is 4. The van der Waals surface area contributed by atoms with Crippen molar-refractivity contribution in [1.82, 2.24) is 0 Å². The van der Waals surface area contributed by atoms with E-state index in [0.717, 1.165) is 0 Å². The summed E-state index contributed by atoms with van der Waals surface area (Å²) >= 11 is 0. The second-order valence-corrected chi connectivity index (χ2v) is 4.08. The number of carbonyl (C=O) groups is 1. The Morgan fingerprint density at radius 3 is 2.10 bits per heavy atom. The number of hydrogen-bond acceptors (Lipinski definition) is 5. The molecule has 20 heavy (non-hydrogen) atoms. The van der Waals surface area contributed by atoms with Gasteiger partial charge in [0.15, 0.2) is 5.78 Å². The number of ether oxygens (including phenoxy) is 2. The summed E-state index contributed by atoms with van der Waals surface area (Å²) < 4.78 is 9.44. The predicted octanol–water partition coefficient (Wildman–Crippen LogP) is 2.30. The zero-order chi connectivity index (χ0) is 14.4. The van der Waals surface area contributed by atoms with Gasteiger partial charge in [0.05, 0.1) is 5.92 Å². The van der Waals surface area contributed by atoms with Crippen molar-refractivity contribution in [1.29, 1.82) is 10.5 Å². The summed E-state index contributed by atoms with van der Waals surface area (Å²) in [6, 6.07) is 8.85. The van der Waals surface area contributed by atoms with E-state index in [2.05, 4.69) is 0 Å². The predicted molar refractivity (Wildman–Crippen MR) is 68.7 cm³/mol. The van der Waals surface area contributed by atoms with E-state index in [1.165, 1.54) is 24.7 Å². The molecule has 0 unspecified atom stereocenters. The van der Waals surface area contributed by atoms with Crippen molar-refractivity contribution in [2.24, 2.45) is 5.92 Å². The van der Waals surface area contributed by atoms with Gasteiger partial charge >= 0.3 is 5.79 Å². The van der Waals surface area contributed by atoms with E-state index in [1.54, 1.807) is 36.4 Å². The third-order valence-corrected chi connectivity index (χ3v) is 2.84. The SMILES string of the molecule is N#COC1(OC#N)C=CC(C(=O)c2ccccc2)C=C1. The first kappa shape index (κ1) is 13.4. The molecule has 1 aromatic rings. The fourth-order valence-electron chi connectivity index (χ4n) is 1.86. The third kappa shape index (κ3) is 2.68. The second-order valence-electron chi connectivity index (χ2n) is 4.08. The lowest BCUT2D eigenvalue weighted by Gasteiger charge is -2.24. The van der Waals surface area contributed by atoms with Crippen molar-refractivity contribution >= 4 is 5.78 Å². The molecule has 0 aliphatic heterocycles. The Labute approximate surface area is 116 Å². The maximum absolute atomic E-state index is 12.2. The minimum atomic E-state index is -1.54. The van der Waals surface area contributed by atoms with Crippen molar-refractivity contribution in [3.05, 3.63) is 60.2 Å². The maximum Gasteiger partial charge on any atom is 0.314 e. The Bertz CT molecular complexity index is 603. The highest BCUT2D eigenvalue weighted by atomic mass is 16.7. The number of Topliss-reactive ketones (excluding diaryl/α,β-unsaturated/α-hetero) is 1. The average molecular weight is 266 g/mol. The van der Waals surface area contributed by atoms with Crippen molar-refractivity contribution < 1.29 is 14.3 Å².